The second-order valence-corrected chi connectivity index (χ2v) is 4.32. The Balaban J connectivity index is 2.06. The maximum absolute atomic E-state index is 11.3. The van der Waals surface area contributed by atoms with Crippen molar-refractivity contribution in [3.8, 4) is 0 Å². The number of amides is 5. The first kappa shape index (κ1) is 14.4. The number of primary amides is 1. The number of nitrogens with two attached hydrogens (primary N) is 1. The average Bonchev–Trinajstić information content (AvgIpc) is 2.77. The first-order valence-corrected chi connectivity index (χ1v) is 6.08. The first-order valence-electron chi connectivity index (χ1n) is 6.08. The predicted octanol–water partition coefficient (Wildman–Crippen LogP) is 1.27. The number of carbonyl (C=O) groups excluding carboxylic acids is 3. The van der Waals surface area contributed by atoms with Crippen molar-refractivity contribution in [2.24, 2.45) is 5.73 Å². The summed E-state index contributed by atoms with van der Waals surface area (Å²) in [5, 5.41) is 7.78. The molecule has 5 amide bonds. The summed E-state index contributed by atoms with van der Waals surface area (Å²) in [5.41, 5.74) is 6.19. The minimum absolute atomic E-state index is 0.131. The highest BCUT2D eigenvalue weighted by molar-refractivity contribution is 5.93. The van der Waals surface area contributed by atoms with Crippen molar-refractivity contribution >= 4 is 34.6 Å². The Bertz CT molecular complexity index is 707. The molecule has 0 aliphatic rings. The molecule has 8 heteroatoms. The number of urea groups is 2. The van der Waals surface area contributed by atoms with E-state index < -0.39 is 18.0 Å². The number of furan rings is 1. The number of hydrogen-bond donors (Lipinski definition) is 4. The van der Waals surface area contributed by atoms with E-state index in [0.29, 0.717) is 17.0 Å². The van der Waals surface area contributed by atoms with E-state index in [9.17, 15) is 14.4 Å². The zero-order valence-corrected chi connectivity index (χ0v) is 11.2. The second-order valence-electron chi connectivity index (χ2n) is 4.32. The molecule has 0 saturated heterocycles. The van der Waals surface area contributed by atoms with Gasteiger partial charge in [-0.3, -0.25) is 10.1 Å². The van der Waals surface area contributed by atoms with Gasteiger partial charge in [0.05, 0.1) is 6.54 Å². The van der Waals surface area contributed by atoms with E-state index >= 15 is 0 Å². The third-order valence-corrected chi connectivity index (χ3v) is 2.55. The lowest BCUT2D eigenvalue weighted by atomic mass is 10.2. The van der Waals surface area contributed by atoms with Gasteiger partial charge in [0.1, 0.15) is 11.3 Å². The summed E-state index contributed by atoms with van der Waals surface area (Å²) >= 11 is 0. The van der Waals surface area contributed by atoms with E-state index in [2.05, 4.69) is 16.0 Å². The highest BCUT2D eigenvalue weighted by Gasteiger charge is 2.08. The lowest BCUT2D eigenvalue weighted by Gasteiger charge is -2.01. The Morgan fingerprint density at radius 3 is 2.67 bits per heavy atom. The minimum atomic E-state index is -0.652. The Hall–Kier alpha value is -3.03. The molecule has 0 atom stereocenters. The number of rotatable bonds is 3. The van der Waals surface area contributed by atoms with E-state index in [1.165, 1.54) is 6.92 Å². The van der Waals surface area contributed by atoms with Crippen LogP contribution in [0.3, 0.4) is 0 Å². The largest absolute Gasteiger partial charge is 0.459 e. The number of nitrogens with one attached hydrogen (secondary N) is 3. The minimum Gasteiger partial charge on any atom is -0.459 e. The molecule has 0 spiro atoms. The van der Waals surface area contributed by atoms with Crippen LogP contribution >= 0.6 is 0 Å². The summed E-state index contributed by atoms with van der Waals surface area (Å²) in [7, 11) is 0. The fourth-order valence-corrected chi connectivity index (χ4v) is 1.78. The van der Waals surface area contributed by atoms with Gasteiger partial charge in [0, 0.05) is 18.0 Å². The van der Waals surface area contributed by atoms with E-state index in [1.54, 1.807) is 24.3 Å². The van der Waals surface area contributed by atoms with Crippen LogP contribution in [0.2, 0.25) is 0 Å². The van der Waals surface area contributed by atoms with Crippen molar-refractivity contribution in [3.05, 3.63) is 30.0 Å². The molecule has 2 aromatic rings. The van der Waals surface area contributed by atoms with Gasteiger partial charge in [-0.1, -0.05) is 0 Å². The Morgan fingerprint density at radius 1 is 1.24 bits per heavy atom. The summed E-state index contributed by atoms with van der Waals surface area (Å²) in [5.74, 6) is 0.0687. The number of hydrogen-bond acceptors (Lipinski definition) is 4. The molecule has 8 nitrogen and oxygen atoms in total. The van der Waals surface area contributed by atoms with Gasteiger partial charge in [0.2, 0.25) is 5.91 Å². The molecule has 1 aromatic carbocycles. The van der Waals surface area contributed by atoms with Crippen molar-refractivity contribution in [2.45, 2.75) is 13.5 Å². The summed E-state index contributed by atoms with van der Waals surface area (Å²) in [6.45, 7) is 1.38. The lowest BCUT2D eigenvalue weighted by Crippen LogP contribution is -2.37. The third kappa shape index (κ3) is 3.96. The fraction of sp³-hybridized carbons (Fsp3) is 0.154. The fourth-order valence-electron chi connectivity index (χ4n) is 1.78. The maximum atomic E-state index is 11.3. The van der Waals surface area contributed by atoms with E-state index in [-0.39, 0.29) is 6.54 Å². The van der Waals surface area contributed by atoms with Crippen molar-refractivity contribution in [2.75, 3.05) is 5.32 Å². The summed E-state index contributed by atoms with van der Waals surface area (Å²) < 4.78 is 5.51. The van der Waals surface area contributed by atoms with Crippen LogP contribution in [0.25, 0.3) is 11.0 Å². The molecule has 0 unspecified atom stereocenters. The maximum Gasteiger partial charge on any atom is 0.321 e. The third-order valence-electron chi connectivity index (χ3n) is 2.55. The van der Waals surface area contributed by atoms with Crippen LogP contribution in [0, 0.1) is 0 Å². The number of fused-ring (bicyclic) bond motifs is 1. The zero-order chi connectivity index (χ0) is 15.4. The van der Waals surface area contributed by atoms with Crippen LogP contribution in [0.4, 0.5) is 15.3 Å². The standard InChI is InChI=1S/C13H14N4O4/c1-7(18)16-13(20)15-6-10-5-8-4-9(17-12(14)19)2-3-11(8)21-10/h2-5H,6H2,1H3,(H3,14,17,19)(H2,15,16,18,20). The number of anilines is 1. The highest BCUT2D eigenvalue weighted by Crippen LogP contribution is 2.23. The summed E-state index contributed by atoms with van der Waals surface area (Å²) in [4.78, 5) is 32.7. The van der Waals surface area contributed by atoms with Gasteiger partial charge in [-0.05, 0) is 24.3 Å². The van der Waals surface area contributed by atoms with Crippen LogP contribution in [-0.4, -0.2) is 18.0 Å². The molecule has 0 fully saturated rings. The lowest BCUT2D eigenvalue weighted by molar-refractivity contribution is -0.117. The van der Waals surface area contributed by atoms with Gasteiger partial charge in [0.15, 0.2) is 0 Å². The molecular weight excluding hydrogens is 276 g/mol. The Morgan fingerprint density at radius 2 is 2.00 bits per heavy atom. The van der Waals surface area contributed by atoms with Crippen molar-refractivity contribution in [1.82, 2.24) is 10.6 Å². The van der Waals surface area contributed by atoms with Gasteiger partial charge in [-0.2, -0.15) is 0 Å². The molecule has 110 valence electrons. The normalized spacial score (nSPS) is 10.1. The molecule has 1 aromatic heterocycles. The molecule has 0 bridgehead atoms. The smallest absolute Gasteiger partial charge is 0.321 e. The molecule has 0 aliphatic carbocycles. The van der Waals surface area contributed by atoms with E-state index in [4.69, 9.17) is 10.2 Å². The average molecular weight is 290 g/mol. The number of carbonyl (C=O) groups is 3. The quantitative estimate of drug-likeness (QED) is 0.678. The number of benzene rings is 1. The van der Waals surface area contributed by atoms with Gasteiger partial charge in [-0.25, -0.2) is 9.59 Å². The molecule has 0 saturated carbocycles. The Labute approximate surface area is 119 Å². The number of imide groups is 1. The Kier molecular flexibility index (Phi) is 4.07. The van der Waals surface area contributed by atoms with Gasteiger partial charge >= 0.3 is 12.1 Å². The van der Waals surface area contributed by atoms with Gasteiger partial charge in [-0.15, -0.1) is 0 Å². The van der Waals surface area contributed by atoms with E-state index in [1.807, 2.05) is 0 Å². The van der Waals surface area contributed by atoms with Crippen LogP contribution < -0.4 is 21.7 Å². The molecule has 0 aliphatic heterocycles. The molecular formula is C13H14N4O4. The monoisotopic (exact) mass is 290 g/mol. The molecule has 21 heavy (non-hydrogen) atoms. The SMILES string of the molecule is CC(=O)NC(=O)NCc1cc2cc(NC(N)=O)ccc2o1. The zero-order valence-electron chi connectivity index (χ0n) is 11.2. The van der Waals surface area contributed by atoms with E-state index in [0.717, 1.165) is 5.39 Å². The van der Waals surface area contributed by atoms with Crippen molar-refractivity contribution < 1.29 is 18.8 Å². The highest BCUT2D eigenvalue weighted by atomic mass is 16.3. The van der Waals surface area contributed by atoms with Crippen LogP contribution in [-0.2, 0) is 11.3 Å². The predicted molar refractivity (Wildman–Crippen MR) is 75.5 cm³/mol. The summed E-state index contributed by atoms with van der Waals surface area (Å²) in [6.07, 6.45) is 0. The molecule has 2 rings (SSSR count). The van der Waals surface area contributed by atoms with Crippen LogP contribution in [0.15, 0.2) is 28.7 Å². The summed E-state index contributed by atoms with van der Waals surface area (Å²) in [6, 6.07) is 5.49. The van der Waals surface area contributed by atoms with Gasteiger partial charge < -0.3 is 20.8 Å². The van der Waals surface area contributed by atoms with Crippen molar-refractivity contribution in [3.63, 3.8) is 0 Å². The first-order chi connectivity index (χ1) is 9.94. The second kappa shape index (κ2) is 5.95. The van der Waals surface area contributed by atoms with Crippen molar-refractivity contribution in [1.29, 1.82) is 0 Å². The van der Waals surface area contributed by atoms with Gasteiger partial charge in [0.25, 0.3) is 0 Å². The molecule has 5 N–H and O–H groups in total. The molecule has 1 heterocycles. The van der Waals surface area contributed by atoms with Crippen LogP contribution in [0.1, 0.15) is 12.7 Å². The van der Waals surface area contributed by atoms with Crippen LogP contribution in [0.5, 0.6) is 0 Å². The molecule has 0 radical (unpaired) electrons. The topological polar surface area (TPSA) is 126 Å².